The molecule has 4 nitrogen and oxygen atoms in total. The molecule has 1 fully saturated rings. The van der Waals surface area contributed by atoms with Crippen molar-refractivity contribution in [1.82, 2.24) is 14.8 Å². The molecule has 1 aliphatic rings. The number of aromatic nitrogens is 1. The number of piperazine rings is 1. The monoisotopic (exact) mass is 289 g/mol. The van der Waals surface area contributed by atoms with Crippen molar-refractivity contribution in [3.8, 4) is 0 Å². The van der Waals surface area contributed by atoms with Crippen molar-refractivity contribution >= 4 is 5.91 Å². The zero-order valence-electron chi connectivity index (χ0n) is 13.7. The molecule has 0 N–H and O–H groups in total. The Morgan fingerprint density at radius 3 is 2.52 bits per heavy atom. The van der Waals surface area contributed by atoms with Gasteiger partial charge in [0, 0.05) is 50.0 Å². The predicted molar refractivity (Wildman–Crippen MR) is 84.9 cm³/mol. The summed E-state index contributed by atoms with van der Waals surface area (Å²) in [5, 5.41) is 0. The Bertz CT molecular complexity index is 464. The van der Waals surface area contributed by atoms with Crippen molar-refractivity contribution in [1.29, 1.82) is 0 Å². The Labute approximate surface area is 128 Å². The Kier molecular flexibility index (Phi) is 4.99. The Morgan fingerprint density at radius 1 is 1.33 bits per heavy atom. The first-order valence-electron chi connectivity index (χ1n) is 7.89. The average molecular weight is 289 g/mol. The minimum absolute atomic E-state index is 0.239. The van der Waals surface area contributed by atoms with Crippen LogP contribution in [0, 0.1) is 5.41 Å². The number of pyridine rings is 1. The largest absolute Gasteiger partial charge is 0.340 e. The second-order valence-electron chi connectivity index (χ2n) is 6.53. The van der Waals surface area contributed by atoms with E-state index in [1.807, 2.05) is 31.0 Å². The third-order valence-electron chi connectivity index (χ3n) is 4.78. The molecule has 1 saturated heterocycles. The molecule has 0 aromatic carbocycles. The minimum atomic E-state index is -0.239. The molecule has 0 bridgehead atoms. The highest BCUT2D eigenvalue weighted by molar-refractivity contribution is 5.82. The molecule has 21 heavy (non-hydrogen) atoms. The van der Waals surface area contributed by atoms with Crippen LogP contribution in [0.3, 0.4) is 0 Å². The Hall–Kier alpha value is -1.42. The van der Waals surface area contributed by atoms with Crippen LogP contribution in [0.5, 0.6) is 0 Å². The predicted octanol–water partition coefficient (Wildman–Crippen LogP) is 2.72. The van der Waals surface area contributed by atoms with Crippen LogP contribution in [-0.4, -0.2) is 46.9 Å². The molecule has 0 saturated carbocycles. The van der Waals surface area contributed by atoms with Crippen LogP contribution in [0.25, 0.3) is 0 Å². The first-order valence-corrected chi connectivity index (χ1v) is 7.89. The number of hydrogen-bond acceptors (Lipinski definition) is 3. The zero-order valence-corrected chi connectivity index (χ0v) is 13.7. The first-order chi connectivity index (χ1) is 9.95. The van der Waals surface area contributed by atoms with Gasteiger partial charge in [-0.15, -0.1) is 0 Å². The molecule has 1 aromatic heterocycles. The second-order valence-corrected chi connectivity index (χ2v) is 6.53. The maximum absolute atomic E-state index is 12.5. The van der Waals surface area contributed by atoms with E-state index in [1.54, 1.807) is 6.20 Å². The maximum atomic E-state index is 12.5. The lowest BCUT2D eigenvalue weighted by molar-refractivity contribution is -0.142. The van der Waals surface area contributed by atoms with Gasteiger partial charge < -0.3 is 4.90 Å². The van der Waals surface area contributed by atoms with Crippen molar-refractivity contribution in [3.63, 3.8) is 0 Å². The molecular formula is C17H27N3O. The summed E-state index contributed by atoms with van der Waals surface area (Å²) in [7, 11) is 0. The molecule has 1 atom stereocenters. The quantitative estimate of drug-likeness (QED) is 0.855. The smallest absolute Gasteiger partial charge is 0.228 e. The summed E-state index contributed by atoms with van der Waals surface area (Å²) in [6, 6.07) is 4.46. The van der Waals surface area contributed by atoms with Crippen LogP contribution < -0.4 is 0 Å². The fourth-order valence-corrected chi connectivity index (χ4v) is 2.73. The lowest BCUT2D eigenvalue weighted by atomic mass is 9.88. The van der Waals surface area contributed by atoms with E-state index in [2.05, 4.69) is 29.8 Å². The molecule has 4 heteroatoms. The van der Waals surface area contributed by atoms with Gasteiger partial charge in [-0.05, 0) is 25.0 Å². The van der Waals surface area contributed by atoms with Gasteiger partial charge in [0.15, 0.2) is 0 Å². The van der Waals surface area contributed by atoms with Gasteiger partial charge in [0.2, 0.25) is 5.91 Å². The van der Waals surface area contributed by atoms with Gasteiger partial charge in [-0.2, -0.15) is 0 Å². The van der Waals surface area contributed by atoms with Crippen LogP contribution in [0.4, 0.5) is 0 Å². The second kappa shape index (κ2) is 6.56. The van der Waals surface area contributed by atoms with Crippen LogP contribution in [0.2, 0.25) is 0 Å². The maximum Gasteiger partial charge on any atom is 0.228 e. The van der Waals surface area contributed by atoms with Gasteiger partial charge in [-0.25, -0.2) is 0 Å². The summed E-state index contributed by atoms with van der Waals surface area (Å²) in [6.45, 7) is 11.9. The molecule has 0 spiro atoms. The topological polar surface area (TPSA) is 36.4 Å². The fourth-order valence-electron chi connectivity index (χ4n) is 2.73. The van der Waals surface area contributed by atoms with Gasteiger partial charge >= 0.3 is 0 Å². The summed E-state index contributed by atoms with van der Waals surface area (Å²) in [6.07, 6.45) is 4.63. The van der Waals surface area contributed by atoms with Crippen molar-refractivity contribution in [2.75, 3.05) is 26.2 Å². The minimum Gasteiger partial charge on any atom is -0.340 e. The molecule has 1 aromatic rings. The van der Waals surface area contributed by atoms with E-state index in [4.69, 9.17) is 0 Å². The lowest BCUT2D eigenvalue weighted by Gasteiger charge is -2.40. The molecule has 1 amide bonds. The average Bonchev–Trinajstić information content (AvgIpc) is 2.54. The zero-order chi connectivity index (χ0) is 15.5. The molecule has 116 valence electrons. The molecule has 1 aliphatic heterocycles. The number of carbonyl (C=O) groups is 1. The summed E-state index contributed by atoms with van der Waals surface area (Å²) in [5.41, 5.74) is 1.00. The number of rotatable bonds is 4. The van der Waals surface area contributed by atoms with Gasteiger partial charge in [0.05, 0.1) is 0 Å². The molecule has 0 aliphatic carbocycles. The van der Waals surface area contributed by atoms with Gasteiger partial charge in [-0.3, -0.25) is 14.7 Å². The van der Waals surface area contributed by atoms with Crippen LogP contribution in [0.15, 0.2) is 24.5 Å². The Morgan fingerprint density at radius 2 is 2.00 bits per heavy atom. The van der Waals surface area contributed by atoms with E-state index < -0.39 is 0 Å². The van der Waals surface area contributed by atoms with E-state index in [1.165, 1.54) is 5.56 Å². The highest BCUT2D eigenvalue weighted by Gasteiger charge is 2.32. The first kappa shape index (κ1) is 16.0. The van der Waals surface area contributed by atoms with Crippen molar-refractivity contribution in [2.45, 2.75) is 40.2 Å². The normalized spacial score (nSPS) is 18.6. The third kappa shape index (κ3) is 3.62. The third-order valence-corrected chi connectivity index (χ3v) is 4.78. The number of carbonyl (C=O) groups excluding carboxylic acids is 1. The standard InChI is InChI=1S/C17H27N3O/c1-5-17(3,4)16(21)20-11-9-19(10-12-20)14(2)15-7-6-8-18-13-15/h6-8,13-14H,5,9-12H2,1-4H3/t14-/m0/s1. The van der Waals surface area contributed by atoms with Crippen molar-refractivity contribution in [2.24, 2.45) is 5.41 Å². The summed E-state index contributed by atoms with van der Waals surface area (Å²) < 4.78 is 0. The molecule has 0 unspecified atom stereocenters. The lowest BCUT2D eigenvalue weighted by Crippen LogP contribution is -2.52. The fraction of sp³-hybridized carbons (Fsp3) is 0.647. The van der Waals surface area contributed by atoms with E-state index in [0.717, 1.165) is 32.6 Å². The molecule has 2 rings (SSSR count). The van der Waals surface area contributed by atoms with E-state index >= 15 is 0 Å². The van der Waals surface area contributed by atoms with Crippen LogP contribution >= 0.6 is 0 Å². The van der Waals surface area contributed by atoms with Crippen LogP contribution in [0.1, 0.15) is 45.7 Å². The number of amides is 1. The summed E-state index contributed by atoms with van der Waals surface area (Å²) in [5.74, 6) is 0.290. The van der Waals surface area contributed by atoms with E-state index in [9.17, 15) is 4.79 Å². The molecule has 0 radical (unpaired) electrons. The van der Waals surface area contributed by atoms with E-state index in [0.29, 0.717) is 11.9 Å². The van der Waals surface area contributed by atoms with Gasteiger partial charge in [-0.1, -0.05) is 26.8 Å². The molecule has 2 heterocycles. The van der Waals surface area contributed by atoms with Crippen LogP contribution in [-0.2, 0) is 4.79 Å². The number of hydrogen-bond donors (Lipinski definition) is 0. The highest BCUT2D eigenvalue weighted by Crippen LogP contribution is 2.25. The Balaban J connectivity index is 1.93. The molecular weight excluding hydrogens is 262 g/mol. The number of nitrogens with zero attached hydrogens (tertiary/aromatic N) is 3. The highest BCUT2D eigenvalue weighted by atomic mass is 16.2. The van der Waals surface area contributed by atoms with Gasteiger partial charge in [0.1, 0.15) is 0 Å². The van der Waals surface area contributed by atoms with Gasteiger partial charge in [0.25, 0.3) is 0 Å². The summed E-state index contributed by atoms with van der Waals surface area (Å²) in [4.78, 5) is 21.1. The van der Waals surface area contributed by atoms with E-state index in [-0.39, 0.29) is 5.41 Å². The SMILES string of the molecule is CCC(C)(C)C(=O)N1CCN([C@@H](C)c2cccnc2)CC1. The van der Waals surface area contributed by atoms with Crippen molar-refractivity contribution in [3.05, 3.63) is 30.1 Å². The summed E-state index contributed by atoms with van der Waals surface area (Å²) >= 11 is 0. The van der Waals surface area contributed by atoms with Crippen molar-refractivity contribution < 1.29 is 4.79 Å².